The Hall–Kier alpha value is -1.26. The molecule has 2 saturated heterocycles. The molecule has 0 aromatic heterocycles. The Bertz CT molecular complexity index is 275. The van der Waals surface area contributed by atoms with Gasteiger partial charge in [-0.2, -0.15) is 0 Å². The molecule has 0 aromatic carbocycles. The molecule has 1 amide bonds. The van der Waals surface area contributed by atoms with Gasteiger partial charge in [0.05, 0.1) is 0 Å². The van der Waals surface area contributed by atoms with E-state index in [1.54, 1.807) is 0 Å². The van der Waals surface area contributed by atoms with Gasteiger partial charge in [-0.25, -0.2) is 9.59 Å². The number of amides is 1. The summed E-state index contributed by atoms with van der Waals surface area (Å²) in [6, 6.07) is 0. The smallest absolute Gasteiger partial charge is 0.408 e. The summed E-state index contributed by atoms with van der Waals surface area (Å²) in [6.07, 6.45) is -0.997. The number of hydrogen-bond acceptors (Lipinski definition) is 4. The fourth-order valence-corrected chi connectivity index (χ4v) is 1.87. The first kappa shape index (κ1) is 8.34. The molecule has 5 nitrogen and oxygen atoms in total. The molecular formula is C8H11NO4. The van der Waals surface area contributed by atoms with Crippen LogP contribution in [-0.4, -0.2) is 30.3 Å². The second-order valence-electron chi connectivity index (χ2n) is 3.64. The van der Waals surface area contributed by atoms with Gasteiger partial charge < -0.3 is 14.8 Å². The molecule has 1 N–H and O–H groups in total. The molecule has 0 saturated carbocycles. The highest BCUT2D eigenvalue weighted by Gasteiger charge is 2.62. The first-order chi connectivity index (χ1) is 6.07. The number of esters is 1. The quantitative estimate of drug-likeness (QED) is 0.586. The Morgan fingerprint density at radius 2 is 2.23 bits per heavy atom. The van der Waals surface area contributed by atoms with Gasteiger partial charge in [0.15, 0.2) is 11.6 Å². The summed E-state index contributed by atoms with van der Waals surface area (Å²) in [6.45, 7) is 3.87. The largest absolute Gasteiger partial charge is 0.460 e. The number of nitrogens with one attached hydrogen (secondary N) is 1. The van der Waals surface area contributed by atoms with Gasteiger partial charge in [0.25, 0.3) is 0 Å². The van der Waals surface area contributed by atoms with E-state index in [9.17, 15) is 9.59 Å². The minimum absolute atomic E-state index is 0.0288. The fourth-order valence-electron chi connectivity index (χ4n) is 1.87. The van der Waals surface area contributed by atoms with Crippen molar-refractivity contribution in [2.75, 3.05) is 6.61 Å². The number of rotatable bonds is 1. The van der Waals surface area contributed by atoms with Gasteiger partial charge in [-0.05, 0) is 5.92 Å². The maximum atomic E-state index is 11.4. The Labute approximate surface area is 75.4 Å². The van der Waals surface area contributed by atoms with Crippen molar-refractivity contribution in [1.82, 2.24) is 5.32 Å². The Kier molecular flexibility index (Phi) is 1.52. The lowest BCUT2D eigenvalue weighted by molar-refractivity contribution is -0.144. The SMILES string of the molecule is CC(C)[C@]12NC(=O)O[C@H]1COC2=O. The van der Waals surface area contributed by atoms with Crippen molar-refractivity contribution in [1.29, 1.82) is 0 Å². The number of alkyl carbamates (subject to hydrolysis) is 1. The van der Waals surface area contributed by atoms with Gasteiger partial charge in [-0.1, -0.05) is 13.8 Å². The maximum Gasteiger partial charge on any atom is 0.408 e. The van der Waals surface area contributed by atoms with Crippen LogP contribution < -0.4 is 5.32 Å². The molecule has 0 radical (unpaired) electrons. The zero-order valence-electron chi connectivity index (χ0n) is 7.49. The molecule has 2 aliphatic heterocycles. The van der Waals surface area contributed by atoms with Gasteiger partial charge in [0, 0.05) is 0 Å². The van der Waals surface area contributed by atoms with E-state index in [0.717, 1.165) is 0 Å². The average Bonchev–Trinajstić information content (AvgIpc) is 2.50. The molecule has 0 bridgehead atoms. The average molecular weight is 185 g/mol. The summed E-state index contributed by atoms with van der Waals surface area (Å²) in [5, 5.41) is 2.54. The predicted octanol–water partition coefficient (Wildman–Crippen LogP) is 0.0464. The van der Waals surface area contributed by atoms with Crippen LogP contribution in [0.2, 0.25) is 0 Å². The molecule has 13 heavy (non-hydrogen) atoms. The molecule has 0 spiro atoms. The van der Waals surface area contributed by atoms with E-state index in [1.165, 1.54) is 0 Å². The van der Waals surface area contributed by atoms with Crippen LogP contribution in [0.25, 0.3) is 0 Å². The van der Waals surface area contributed by atoms with E-state index in [1.807, 2.05) is 13.8 Å². The maximum absolute atomic E-state index is 11.4. The lowest BCUT2D eigenvalue weighted by Gasteiger charge is -2.25. The standard InChI is InChI=1S/C8H11NO4/c1-4(2)8-5(3-12-6(8)10)13-7(11)9-8/h4-5H,3H2,1-2H3,(H,9,11)/t5-,8-/m0/s1. The third-order valence-electron chi connectivity index (χ3n) is 2.68. The zero-order valence-corrected chi connectivity index (χ0v) is 7.49. The summed E-state index contributed by atoms with van der Waals surface area (Å²) in [7, 11) is 0. The molecule has 72 valence electrons. The molecule has 2 heterocycles. The number of carbonyl (C=O) groups excluding carboxylic acids is 2. The highest BCUT2D eigenvalue weighted by Crippen LogP contribution is 2.34. The molecule has 0 aromatic rings. The van der Waals surface area contributed by atoms with Crippen LogP contribution in [0.3, 0.4) is 0 Å². The summed E-state index contributed by atoms with van der Waals surface area (Å²) in [5.41, 5.74) is -0.947. The van der Waals surface area contributed by atoms with Crippen LogP contribution in [-0.2, 0) is 14.3 Å². The van der Waals surface area contributed by atoms with Crippen molar-refractivity contribution < 1.29 is 19.1 Å². The van der Waals surface area contributed by atoms with Crippen LogP contribution >= 0.6 is 0 Å². The first-order valence-corrected chi connectivity index (χ1v) is 4.23. The van der Waals surface area contributed by atoms with E-state index in [2.05, 4.69) is 5.32 Å². The summed E-state index contributed by atoms with van der Waals surface area (Å²) >= 11 is 0. The fraction of sp³-hybridized carbons (Fsp3) is 0.750. The minimum Gasteiger partial charge on any atom is -0.460 e. The lowest BCUT2D eigenvalue weighted by atomic mass is 9.84. The van der Waals surface area contributed by atoms with Crippen molar-refractivity contribution in [2.24, 2.45) is 5.92 Å². The van der Waals surface area contributed by atoms with E-state index in [0.29, 0.717) is 0 Å². The van der Waals surface area contributed by atoms with Gasteiger partial charge in [0.1, 0.15) is 6.61 Å². The summed E-state index contributed by atoms with van der Waals surface area (Å²) in [5.74, 6) is -0.419. The molecule has 2 fully saturated rings. The van der Waals surface area contributed by atoms with Crippen molar-refractivity contribution in [3.63, 3.8) is 0 Å². The van der Waals surface area contributed by atoms with E-state index in [4.69, 9.17) is 9.47 Å². The topological polar surface area (TPSA) is 64.6 Å². The van der Waals surface area contributed by atoms with E-state index in [-0.39, 0.29) is 12.5 Å². The lowest BCUT2D eigenvalue weighted by Crippen LogP contribution is -2.55. The van der Waals surface area contributed by atoms with Crippen LogP contribution in [0, 0.1) is 5.92 Å². The first-order valence-electron chi connectivity index (χ1n) is 4.23. The molecule has 0 aliphatic carbocycles. The zero-order chi connectivity index (χ0) is 9.64. The van der Waals surface area contributed by atoms with Crippen LogP contribution in [0.15, 0.2) is 0 Å². The molecule has 2 aliphatic rings. The third kappa shape index (κ3) is 0.868. The summed E-state index contributed by atoms with van der Waals surface area (Å²) in [4.78, 5) is 22.4. The Morgan fingerprint density at radius 1 is 1.54 bits per heavy atom. The number of carbonyl (C=O) groups is 2. The normalized spacial score (nSPS) is 37.0. The Balaban J connectivity index is 2.38. The molecule has 2 atom stereocenters. The number of cyclic esters (lactones) is 1. The number of hydrogen-bond donors (Lipinski definition) is 1. The molecule has 0 unspecified atom stereocenters. The van der Waals surface area contributed by atoms with Crippen molar-refractivity contribution in [2.45, 2.75) is 25.5 Å². The number of fused-ring (bicyclic) bond motifs is 1. The van der Waals surface area contributed by atoms with E-state index >= 15 is 0 Å². The van der Waals surface area contributed by atoms with Gasteiger partial charge in [-0.15, -0.1) is 0 Å². The Morgan fingerprint density at radius 3 is 2.77 bits per heavy atom. The summed E-state index contributed by atoms with van der Waals surface area (Å²) < 4.78 is 9.78. The van der Waals surface area contributed by atoms with Gasteiger partial charge in [-0.3, -0.25) is 0 Å². The van der Waals surface area contributed by atoms with Crippen molar-refractivity contribution >= 4 is 12.1 Å². The van der Waals surface area contributed by atoms with E-state index < -0.39 is 23.7 Å². The van der Waals surface area contributed by atoms with Gasteiger partial charge in [0.2, 0.25) is 0 Å². The highest BCUT2D eigenvalue weighted by atomic mass is 16.6. The van der Waals surface area contributed by atoms with Crippen molar-refractivity contribution in [3.8, 4) is 0 Å². The molecular weight excluding hydrogens is 174 g/mol. The third-order valence-corrected chi connectivity index (χ3v) is 2.68. The molecule has 2 rings (SSSR count). The second-order valence-corrected chi connectivity index (χ2v) is 3.64. The van der Waals surface area contributed by atoms with Crippen LogP contribution in [0.5, 0.6) is 0 Å². The van der Waals surface area contributed by atoms with Crippen LogP contribution in [0.4, 0.5) is 4.79 Å². The van der Waals surface area contributed by atoms with Crippen molar-refractivity contribution in [3.05, 3.63) is 0 Å². The minimum atomic E-state index is -0.947. The monoisotopic (exact) mass is 185 g/mol. The number of ether oxygens (including phenoxy) is 2. The highest BCUT2D eigenvalue weighted by molar-refractivity contribution is 5.91. The predicted molar refractivity (Wildman–Crippen MR) is 41.9 cm³/mol. The van der Waals surface area contributed by atoms with Gasteiger partial charge >= 0.3 is 12.1 Å². The van der Waals surface area contributed by atoms with Crippen LogP contribution in [0.1, 0.15) is 13.8 Å². The second kappa shape index (κ2) is 2.37. The molecule has 5 heteroatoms.